The smallest absolute Gasteiger partial charge is 0.242 e. The van der Waals surface area contributed by atoms with Crippen molar-refractivity contribution in [3.05, 3.63) is 30.1 Å². The Morgan fingerprint density at radius 2 is 2.00 bits per heavy atom. The summed E-state index contributed by atoms with van der Waals surface area (Å²) in [6, 6.07) is 4.84. The standard InChI is InChI=1S/C17H26FN3O3S/c1-21(25(23,24)15-9-7-14(18)8-10-15)11-3-6-17(22)20-16-5-2-4-13(16)12-19/h7-10,13,16H,2-6,11-12,19H2,1H3,(H,20,22). The third-order valence-electron chi connectivity index (χ3n) is 4.71. The molecule has 2 unspecified atom stereocenters. The molecule has 1 aromatic rings. The van der Waals surface area contributed by atoms with E-state index in [9.17, 15) is 17.6 Å². The maximum absolute atomic E-state index is 12.9. The summed E-state index contributed by atoms with van der Waals surface area (Å²) < 4.78 is 38.9. The zero-order valence-corrected chi connectivity index (χ0v) is 15.3. The monoisotopic (exact) mass is 371 g/mol. The van der Waals surface area contributed by atoms with Crippen LogP contribution in [0.15, 0.2) is 29.2 Å². The van der Waals surface area contributed by atoms with Crippen molar-refractivity contribution in [2.45, 2.75) is 43.0 Å². The summed E-state index contributed by atoms with van der Waals surface area (Å²) in [7, 11) is -2.21. The first-order valence-electron chi connectivity index (χ1n) is 8.56. The first kappa shape index (κ1) is 19.8. The van der Waals surface area contributed by atoms with Crippen LogP contribution in [0, 0.1) is 11.7 Å². The molecule has 1 aliphatic carbocycles. The lowest BCUT2D eigenvalue weighted by atomic mass is 10.0. The number of carbonyl (C=O) groups excluding carboxylic acids is 1. The number of halogens is 1. The predicted molar refractivity (Wildman–Crippen MR) is 93.8 cm³/mol. The van der Waals surface area contributed by atoms with Gasteiger partial charge in [-0.25, -0.2) is 17.1 Å². The molecule has 1 fully saturated rings. The molecule has 25 heavy (non-hydrogen) atoms. The number of nitrogens with zero attached hydrogens (tertiary/aromatic N) is 1. The van der Waals surface area contributed by atoms with E-state index in [0.29, 0.717) is 18.9 Å². The van der Waals surface area contributed by atoms with Crippen molar-refractivity contribution in [2.24, 2.45) is 11.7 Å². The van der Waals surface area contributed by atoms with Crippen molar-refractivity contribution in [1.82, 2.24) is 9.62 Å². The van der Waals surface area contributed by atoms with Crippen molar-refractivity contribution >= 4 is 15.9 Å². The molecule has 0 aromatic heterocycles. The quantitative estimate of drug-likeness (QED) is 0.724. The first-order valence-corrected chi connectivity index (χ1v) is 10.00. The normalized spacial score (nSPS) is 20.8. The van der Waals surface area contributed by atoms with E-state index < -0.39 is 15.8 Å². The highest BCUT2D eigenvalue weighted by Gasteiger charge is 2.27. The Kier molecular flexibility index (Phi) is 6.92. The number of amides is 1. The van der Waals surface area contributed by atoms with E-state index in [1.165, 1.54) is 23.5 Å². The van der Waals surface area contributed by atoms with Crippen molar-refractivity contribution in [3.63, 3.8) is 0 Å². The van der Waals surface area contributed by atoms with Gasteiger partial charge in [-0.05, 0) is 56.0 Å². The second-order valence-corrected chi connectivity index (χ2v) is 8.53. The Balaban J connectivity index is 1.80. The maximum Gasteiger partial charge on any atom is 0.242 e. The molecule has 6 nitrogen and oxygen atoms in total. The minimum Gasteiger partial charge on any atom is -0.353 e. The fourth-order valence-electron chi connectivity index (χ4n) is 3.16. The van der Waals surface area contributed by atoms with Gasteiger partial charge in [0.05, 0.1) is 4.90 Å². The molecule has 140 valence electrons. The molecular formula is C17H26FN3O3S. The zero-order chi connectivity index (χ0) is 18.4. The number of hydrogen-bond donors (Lipinski definition) is 2. The van der Waals surface area contributed by atoms with Crippen molar-refractivity contribution < 1.29 is 17.6 Å². The molecule has 1 amide bonds. The Hall–Kier alpha value is -1.51. The molecule has 2 rings (SSSR count). The molecule has 0 bridgehead atoms. The second-order valence-electron chi connectivity index (χ2n) is 6.48. The summed E-state index contributed by atoms with van der Waals surface area (Å²) in [5.41, 5.74) is 5.70. The van der Waals surface area contributed by atoms with Crippen molar-refractivity contribution in [3.8, 4) is 0 Å². The van der Waals surface area contributed by atoms with Crippen LogP contribution in [0.4, 0.5) is 4.39 Å². The fourth-order valence-corrected chi connectivity index (χ4v) is 4.37. The summed E-state index contributed by atoms with van der Waals surface area (Å²) >= 11 is 0. The molecule has 0 radical (unpaired) electrons. The van der Waals surface area contributed by atoms with Gasteiger partial charge in [0.2, 0.25) is 15.9 Å². The summed E-state index contributed by atoms with van der Waals surface area (Å²) in [5, 5.41) is 3.00. The van der Waals surface area contributed by atoms with Gasteiger partial charge in [-0.2, -0.15) is 0 Å². The number of benzene rings is 1. The largest absolute Gasteiger partial charge is 0.353 e. The molecule has 0 heterocycles. The van der Waals surface area contributed by atoms with E-state index in [2.05, 4.69) is 5.32 Å². The van der Waals surface area contributed by atoms with Gasteiger partial charge in [-0.15, -0.1) is 0 Å². The zero-order valence-electron chi connectivity index (χ0n) is 14.4. The highest BCUT2D eigenvalue weighted by molar-refractivity contribution is 7.89. The van der Waals surface area contributed by atoms with Gasteiger partial charge >= 0.3 is 0 Å². The Bertz CT molecular complexity index is 679. The molecule has 0 aliphatic heterocycles. The highest BCUT2D eigenvalue weighted by Crippen LogP contribution is 2.24. The van der Waals surface area contributed by atoms with Crippen LogP contribution in [0.1, 0.15) is 32.1 Å². The third-order valence-corrected chi connectivity index (χ3v) is 6.58. The van der Waals surface area contributed by atoms with E-state index in [1.54, 1.807) is 0 Å². The third kappa shape index (κ3) is 5.23. The van der Waals surface area contributed by atoms with Gasteiger partial charge in [0, 0.05) is 26.1 Å². The summed E-state index contributed by atoms with van der Waals surface area (Å²) in [6.45, 7) is 0.793. The van der Waals surface area contributed by atoms with E-state index in [0.717, 1.165) is 31.4 Å². The van der Waals surface area contributed by atoms with E-state index in [1.807, 2.05) is 0 Å². The Labute approximate surface area is 148 Å². The summed E-state index contributed by atoms with van der Waals surface area (Å²) in [5.74, 6) is -0.218. The molecule has 0 saturated heterocycles. The van der Waals surface area contributed by atoms with E-state index in [4.69, 9.17) is 5.73 Å². The van der Waals surface area contributed by atoms with Gasteiger partial charge in [0.25, 0.3) is 0 Å². The summed E-state index contributed by atoms with van der Waals surface area (Å²) in [6.07, 6.45) is 3.75. The Morgan fingerprint density at radius 3 is 2.64 bits per heavy atom. The van der Waals surface area contributed by atoms with Crippen LogP contribution >= 0.6 is 0 Å². The molecule has 1 aromatic carbocycles. The average molecular weight is 371 g/mol. The van der Waals surface area contributed by atoms with Gasteiger partial charge < -0.3 is 11.1 Å². The molecule has 1 aliphatic rings. The van der Waals surface area contributed by atoms with Crippen molar-refractivity contribution in [2.75, 3.05) is 20.1 Å². The second kappa shape index (κ2) is 8.73. The minimum atomic E-state index is -3.67. The highest BCUT2D eigenvalue weighted by atomic mass is 32.2. The first-order chi connectivity index (χ1) is 11.8. The van der Waals surface area contributed by atoms with E-state index in [-0.39, 0.29) is 29.8 Å². The Morgan fingerprint density at radius 1 is 1.32 bits per heavy atom. The number of carbonyl (C=O) groups is 1. The van der Waals surface area contributed by atoms with Crippen LogP contribution in [0.5, 0.6) is 0 Å². The van der Waals surface area contributed by atoms with E-state index >= 15 is 0 Å². The fraction of sp³-hybridized carbons (Fsp3) is 0.588. The molecular weight excluding hydrogens is 345 g/mol. The van der Waals surface area contributed by atoms with Crippen LogP contribution in [-0.4, -0.2) is 44.8 Å². The SMILES string of the molecule is CN(CCCC(=O)NC1CCCC1CN)S(=O)(=O)c1ccc(F)cc1. The number of nitrogens with one attached hydrogen (secondary N) is 1. The van der Waals surface area contributed by atoms with Gasteiger partial charge in [0.1, 0.15) is 5.82 Å². The van der Waals surface area contributed by atoms with Crippen LogP contribution in [-0.2, 0) is 14.8 Å². The van der Waals surface area contributed by atoms with Gasteiger partial charge in [-0.3, -0.25) is 4.79 Å². The number of nitrogens with two attached hydrogens (primary N) is 1. The molecule has 2 atom stereocenters. The number of hydrogen-bond acceptors (Lipinski definition) is 4. The number of rotatable bonds is 8. The van der Waals surface area contributed by atoms with Gasteiger partial charge in [0.15, 0.2) is 0 Å². The average Bonchev–Trinajstić information content (AvgIpc) is 3.02. The minimum absolute atomic E-state index is 0.0394. The maximum atomic E-state index is 12.9. The number of sulfonamides is 1. The summed E-state index contributed by atoms with van der Waals surface area (Å²) in [4.78, 5) is 12.1. The molecule has 3 N–H and O–H groups in total. The molecule has 0 spiro atoms. The van der Waals surface area contributed by atoms with Crippen LogP contribution in [0.25, 0.3) is 0 Å². The van der Waals surface area contributed by atoms with Gasteiger partial charge in [-0.1, -0.05) is 6.42 Å². The lowest BCUT2D eigenvalue weighted by molar-refractivity contribution is -0.122. The van der Waals surface area contributed by atoms with Crippen LogP contribution < -0.4 is 11.1 Å². The predicted octanol–water partition coefficient (Wildman–Crippen LogP) is 1.47. The molecule has 8 heteroatoms. The lowest BCUT2D eigenvalue weighted by Gasteiger charge is -2.20. The molecule has 1 saturated carbocycles. The van der Waals surface area contributed by atoms with Crippen molar-refractivity contribution in [1.29, 1.82) is 0 Å². The van der Waals surface area contributed by atoms with Crippen LogP contribution in [0.2, 0.25) is 0 Å². The van der Waals surface area contributed by atoms with Crippen LogP contribution in [0.3, 0.4) is 0 Å². The lowest BCUT2D eigenvalue weighted by Crippen LogP contribution is -2.40. The topological polar surface area (TPSA) is 92.5 Å².